The molecule has 1 aromatic carbocycles. The van der Waals surface area contributed by atoms with E-state index in [0.29, 0.717) is 18.1 Å². The Morgan fingerprint density at radius 1 is 1.21 bits per heavy atom. The molecule has 1 aromatic rings. The molecule has 0 spiro atoms. The lowest BCUT2D eigenvalue weighted by Crippen LogP contribution is -2.53. The summed E-state index contributed by atoms with van der Waals surface area (Å²) >= 11 is 5.68. The number of likely N-dealkylation sites (tertiary alicyclic amines) is 2. The predicted octanol–water partition coefficient (Wildman–Crippen LogP) is 3.73. The number of methoxy groups -OCH3 is 1. The molecule has 0 saturated carbocycles. The minimum Gasteiger partial charge on any atom is -0.497 e. The summed E-state index contributed by atoms with van der Waals surface area (Å²) < 4.78 is 5.29. The molecule has 5 heteroatoms. The first kappa shape index (κ1) is 17.5. The van der Waals surface area contributed by atoms with Crippen LogP contribution in [0.25, 0.3) is 0 Å². The van der Waals surface area contributed by atoms with Crippen molar-refractivity contribution in [2.75, 3.05) is 25.5 Å². The van der Waals surface area contributed by atoms with E-state index in [4.69, 9.17) is 17.0 Å². The summed E-state index contributed by atoms with van der Waals surface area (Å²) in [6, 6.07) is 9.96. The molecule has 24 heavy (non-hydrogen) atoms. The Hall–Kier alpha value is -1.33. The third-order valence-electron chi connectivity index (χ3n) is 5.45. The number of ether oxygens (including phenoxy) is 1. The second kappa shape index (κ2) is 7.70. The van der Waals surface area contributed by atoms with Crippen LogP contribution in [-0.4, -0.2) is 53.2 Å². The molecule has 132 valence electrons. The Balaban J connectivity index is 1.62. The monoisotopic (exact) mass is 347 g/mol. The maximum atomic E-state index is 5.68. The van der Waals surface area contributed by atoms with E-state index in [2.05, 4.69) is 29.0 Å². The quantitative estimate of drug-likeness (QED) is 0.841. The van der Waals surface area contributed by atoms with E-state index in [9.17, 15) is 0 Å². The Morgan fingerprint density at radius 2 is 1.96 bits per heavy atom. The fourth-order valence-corrected chi connectivity index (χ4v) is 4.50. The van der Waals surface area contributed by atoms with Crippen LogP contribution in [0.3, 0.4) is 0 Å². The maximum Gasteiger partial charge on any atom is 0.173 e. The van der Waals surface area contributed by atoms with Gasteiger partial charge in [0.25, 0.3) is 0 Å². The van der Waals surface area contributed by atoms with E-state index < -0.39 is 0 Å². The maximum absolute atomic E-state index is 5.68. The molecule has 0 aromatic heterocycles. The SMILES string of the molecule is COc1cccc(NC(=S)N2CCC[C@@H](N3[C@H](C)CC[C@@H]3C)C2)c1. The van der Waals surface area contributed by atoms with Crippen LogP contribution in [0.4, 0.5) is 5.69 Å². The van der Waals surface area contributed by atoms with Crippen molar-refractivity contribution in [1.29, 1.82) is 0 Å². The lowest BCUT2D eigenvalue weighted by Gasteiger charge is -2.42. The molecule has 2 fully saturated rings. The van der Waals surface area contributed by atoms with Gasteiger partial charge in [-0.15, -0.1) is 0 Å². The van der Waals surface area contributed by atoms with Crippen LogP contribution < -0.4 is 10.1 Å². The lowest BCUT2D eigenvalue weighted by atomic mass is 10.0. The third kappa shape index (κ3) is 3.83. The van der Waals surface area contributed by atoms with Gasteiger partial charge < -0.3 is 15.0 Å². The number of piperidine rings is 1. The number of anilines is 1. The number of nitrogens with one attached hydrogen (secondary N) is 1. The van der Waals surface area contributed by atoms with Crippen molar-refractivity contribution in [3.05, 3.63) is 24.3 Å². The molecular formula is C19H29N3OS. The van der Waals surface area contributed by atoms with E-state index in [1.807, 2.05) is 24.3 Å². The molecule has 2 aliphatic rings. The van der Waals surface area contributed by atoms with Crippen molar-refractivity contribution < 1.29 is 4.74 Å². The second-order valence-electron chi connectivity index (χ2n) is 7.13. The summed E-state index contributed by atoms with van der Waals surface area (Å²) in [4.78, 5) is 5.06. The Bertz CT molecular complexity index is 569. The van der Waals surface area contributed by atoms with Crippen molar-refractivity contribution in [2.24, 2.45) is 0 Å². The highest BCUT2D eigenvalue weighted by atomic mass is 32.1. The number of benzene rings is 1. The van der Waals surface area contributed by atoms with E-state index in [-0.39, 0.29) is 0 Å². The number of nitrogens with zero attached hydrogens (tertiary/aromatic N) is 2. The lowest BCUT2D eigenvalue weighted by molar-refractivity contribution is 0.0951. The largest absolute Gasteiger partial charge is 0.497 e. The Labute approximate surface area is 151 Å². The van der Waals surface area contributed by atoms with Crippen molar-refractivity contribution in [3.63, 3.8) is 0 Å². The molecule has 0 radical (unpaired) electrons. The number of hydrogen-bond acceptors (Lipinski definition) is 3. The van der Waals surface area contributed by atoms with Crippen LogP contribution in [-0.2, 0) is 0 Å². The summed E-state index contributed by atoms with van der Waals surface area (Å²) in [7, 11) is 1.69. The molecule has 4 nitrogen and oxygen atoms in total. The molecule has 2 heterocycles. The number of hydrogen-bond donors (Lipinski definition) is 1. The molecule has 2 aliphatic heterocycles. The normalized spacial score (nSPS) is 28.0. The van der Waals surface area contributed by atoms with E-state index in [1.54, 1.807) is 7.11 Å². The van der Waals surface area contributed by atoms with Crippen LogP contribution in [0.15, 0.2) is 24.3 Å². The zero-order valence-electron chi connectivity index (χ0n) is 15.0. The zero-order valence-corrected chi connectivity index (χ0v) is 15.8. The average molecular weight is 348 g/mol. The van der Waals surface area contributed by atoms with Gasteiger partial charge in [0.05, 0.1) is 7.11 Å². The summed E-state index contributed by atoms with van der Waals surface area (Å²) in [6.07, 6.45) is 5.14. The van der Waals surface area contributed by atoms with Gasteiger partial charge in [-0.1, -0.05) is 6.07 Å². The third-order valence-corrected chi connectivity index (χ3v) is 5.81. The van der Waals surface area contributed by atoms with Gasteiger partial charge in [-0.25, -0.2) is 0 Å². The number of rotatable bonds is 3. The molecule has 3 rings (SSSR count). The molecule has 0 bridgehead atoms. The van der Waals surface area contributed by atoms with E-state index >= 15 is 0 Å². The van der Waals surface area contributed by atoms with E-state index in [0.717, 1.165) is 29.6 Å². The first-order valence-corrected chi connectivity index (χ1v) is 9.46. The fraction of sp³-hybridized carbons (Fsp3) is 0.632. The minimum atomic E-state index is 0.622. The predicted molar refractivity (Wildman–Crippen MR) is 104 cm³/mol. The highest BCUT2D eigenvalue weighted by molar-refractivity contribution is 7.80. The van der Waals surface area contributed by atoms with Crippen LogP contribution in [0.5, 0.6) is 5.75 Å². The number of thiocarbonyl (C=S) groups is 1. The first-order valence-electron chi connectivity index (χ1n) is 9.06. The van der Waals surface area contributed by atoms with Gasteiger partial charge in [0.1, 0.15) is 5.75 Å². The van der Waals surface area contributed by atoms with Gasteiger partial charge in [-0.05, 0) is 63.9 Å². The van der Waals surface area contributed by atoms with Gasteiger partial charge in [0.15, 0.2) is 5.11 Å². The molecular weight excluding hydrogens is 318 g/mol. The molecule has 0 aliphatic carbocycles. The van der Waals surface area contributed by atoms with Crippen LogP contribution in [0.1, 0.15) is 39.5 Å². The van der Waals surface area contributed by atoms with Gasteiger partial charge in [0.2, 0.25) is 0 Å². The average Bonchev–Trinajstić information content (AvgIpc) is 2.93. The van der Waals surface area contributed by atoms with Crippen molar-refractivity contribution >= 4 is 23.0 Å². The van der Waals surface area contributed by atoms with Gasteiger partial charge in [-0.2, -0.15) is 0 Å². The van der Waals surface area contributed by atoms with Crippen LogP contribution in [0, 0.1) is 0 Å². The Morgan fingerprint density at radius 3 is 2.67 bits per heavy atom. The van der Waals surface area contributed by atoms with Crippen molar-refractivity contribution in [2.45, 2.75) is 57.7 Å². The van der Waals surface area contributed by atoms with Gasteiger partial charge >= 0.3 is 0 Å². The molecule has 3 atom stereocenters. The molecule has 1 N–H and O–H groups in total. The topological polar surface area (TPSA) is 27.7 Å². The van der Waals surface area contributed by atoms with Gasteiger partial charge in [-0.3, -0.25) is 4.90 Å². The zero-order chi connectivity index (χ0) is 17.1. The summed E-state index contributed by atoms with van der Waals surface area (Å²) in [5.74, 6) is 0.846. The first-order chi connectivity index (χ1) is 11.6. The summed E-state index contributed by atoms with van der Waals surface area (Å²) in [5.41, 5.74) is 0.990. The fourth-order valence-electron chi connectivity index (χ4n) is 4.22. The summed E-state index contributed by atoms with van der Waals surface area (Å²) in [5, 5.41) is 4.21. The smallest absolute Gasteiger partial charge is 0.173 e. The molecule has 0 unspecified atom stereocenters. The molecule has 0 amide bonds. The van der Waals surface area contributed by atoms with E-state index in [1.165, 1.54) is 25.7 Å². The van der Waals surface area contributed by atoms with Crippen molar-refractivity contribution in [1.82, 2.24) is 9.80 Å². The highest BCUT2D eigenvalue weighted by Gasteiger charge is 2.35. The molecule has 2 saturated heterocycles. The van der Waals surface area contributed by atoms with Crippen LogP contribution in [0.2, 0.25) is 0 Å². The Kier molecular flexibility index (Phi) is 5.61. The second-order valence-corrected chi connectivity index (χ2v) is 7.51. The standard InChI is InChI=1S/C19H29N3OS/c1-14-9-10-15(2)22(14)17-7-5-11-21(13-17)19(24)20-16-6-4-8-18(12-16)23-3/h4,6,8,12,14-15,17H,5,7,9-11,13H2,1-3H3,(H,20,24)/t14-,15+,17-/m1/s1. The summed E-state index contributed by atoms with van der Waals surface area (Å²) in [6.45, 7) is 6.82. The minimum absolute atomic E-state index is 0.622. The van der Waals surface area contributed by atoms with Crippen LogP contribution >= 0.6 is 12.2 Å². The van der Waals surface area contributed by atoms with Gasteiger partial charge in [0, 0.05) is 43.0 Å². The highest BCUT2D eigenvalue weighted by Crippen LogP contribution is 2.30. The van der Waals surface area contributed by atoms with Crippen molar-refractivity contribution in [3.8, 4) is 5.75 Å².